The monoisotopic (exact) mass is 384 g/mol. The quantitative estimate of drug-likeness (QED) is 0.801. The first-order valence-corrected chi connectivity index (χ1v) is 7.92. The maximum absolute atomic E-state index is 6.09. The molecular weight excluding hydrogens is 367 g/mol. The molecule has 0 atom stereocenters. The number of anilines is 1. The highest BCUT2D eigenvalue weighted by Crippen LogP contribution is 2.37. The predicted octanol–water partition coefficient (Wildman–Crippen LogP) is 3.59. The van der Waals surface area contributed by atoms with Gasteiger partial charge in [0.25, 0.3) is 0 Å². The summed E-state index contributed by atoms with van der Waals surface area (Å²) in [6.07, 6.45) is 4.91. The molecular formula is C14H17IN4O. The van der Waals surface area contributed by atoms with Crippen LogP contribution in [0.1, 0.15) is 48.7 Å². The first kappa shape index (κ1) is 13.8. The Bertz CT molecular complexity index is 627. The topological polar surface area (TPSA) is 77.8 Å². The van der Waals surface area contributed by atoms with Gasteiger partial charge in [0, 0.05) is 5.92 Å². The fourth-order valence-corrected chi connectivity index (χ4v) is 3.55. The average molecular weight is 384 g/mol. The first-order chi connectivity index (χ1) is 9.58. The Labute approximate surface area is 131 Å². The lowest BCUT2D eigenvalue weighted by atomic mass is 10.0. The Morgan fingerprint density at radius 3 is 2.50 bits per heavy atom. The molecule has 6 heteroatoms. The zero-order valence-electron chi connectivity index (χ0n) is 11.6. The summed E-state index contributed by atoms with van der Waals surface area (Å²) >= 11 is 2.26. The summed E-state index contributed by atoms with van der Waals surface area (Å²) in [6.45, 7) is 3.78. The van der Waals surface area contributed by atoms with E-state index in [1.165, 1.54) is 25.7 Å². The van der Waals surface area contributed by atoms with Gasteiger partial charge in [-0.2, -0.15) is 0 Å². The van der Waals surface area contributed by atoms with Crippen molar-refractivity contribution in [3.8, 4) is 11.4 Å². The third-order valence-corrected chi connectivity index (χ3v) is 5.01. The molecule has 0 unspecified atom stereocenters. The van der Waals surface area contributed by atoms with Gasteiger partial charge >= 0.3 is 0 Å². The molecule has 1 aliphatic rings. The van der Waals surface area contributed by atoms with Crippen LogP contribution in [0.3, 0.4) is 0 Å². The van der Waals surface area contributed by atoms with E-state index in [-0.39, 0.29) is 0 Å². The summed E-state index contributed by atoms with van der Waals surface area (Å²) in [5.74, 6) is 2.44. The Morgan fingerprint density at radius 2 is 1.90 bits per heavy atom. The van der Waals surface area contributed by atoms with Crippen LogP contribution in [0.25, 0.3) is 11.4 Å². The highest BCUT2D eigenvalue weighted by atomic mass is 127. The van der Waals surface area contributed by atoms with Gasteiger partial charge in [0.15, 0.2) is 5.82 Å². The molecule has 0 aliphatic heterocycles. The smallest absolute Gasteiger partial charge is 0.167 e. The molecule has 1 saturated carbocycles. The normalized spacial score (nSPS) is 15.9. The van der Waals surface area contributed by atoms with Crippen LogP contribution in [0.15, 0.2) is 4.52 Å². The highest BCUT2D eigenvalue weighted by molar-refractivity contribution is 14.1. The van der Waals surface area contributed by atoms with Gasteiger partial charge in [0.2, 0.25) is 0 Å². The second kappa shape index (κ2) is 5.31. The van der Waals surface area contributed by atoms with Gasteiger partial charge in [-0.3, -0.25) is 0 Å². The van der Waals surface area contributed by atoms with Crippen molar-refractivity contribution in [3.05, 3.63) is 20.7 Å². The summed E-state index contributed by atoms with van der Waals surface area (Å²) in [5.41, 5.74) is 8.85. The maximum atomic E-state index is 6.09. The molecule has 2 N–H and O–H groups in total. The lowest BCUT2D eigenvalue weighted by Gasteiger charge is -2.13. The molecule has 0 amide bonds. The number of nitrogens with two attached hydrogens (primary N) is 1. The first-order valence-electron chi connectivity index (χ1n) is 6.84. The molecule has 1 fully saturated rings. The Kier molecular flexibility index (Phi) is 3.66. The molecule has 0 saturated heterocycles. The summed E-state index contributed by atoms with van der Waals surface area (Å²) in [5, 5.41) is 3.97. The van der Waals surface area contributed by atoms with E-state index in [1.54, 1.807) is 0 Å². The van der Waals surface area contributed by atoms with Crippen molar-refractivity contribution in [2.24, 2.45) is 0 Å². The van der Waals surface area contributed by atoms with Gasteiger partial charge in [-0.05, 0) is 49.3 Å². The van der Waals surface area contributed by atoms with E-state index in [0.29, 0.717) is 17.6 Å². The van der Waals surface area contributed by atoms with Crippen LogP contribution in [-0.4, -0.2) is 15.1 Å². The molecule has 0 aromatic carbocycles. The van der Waals surface area contributed by atoms with E-state index in [9.17, 15) is 0 Å². The molecule has 5 nitrogen and oxygen atoms in total. The molecule has 0 radical (unpaired) electrons. The second-order valence-electron chi connectivity index (χ2n) is 5.31. The van der Waals surface area contributed by atoms with E-state index >= 15 is 0 Å². The minimum absolute atomic E-state index is 0.506. The van der Waals surface area contributed by atoms with Crippen molar-refractivity contribution in [3.63, 3.8) is 0 Å². The van der Waals surface area contributed by atoms with Crippen LogP contribution in [0.5, 0.6) is 0 Å². The van der Waals surface area contributed by atoms with Crippen LogP contribution in [-0.2, 0) is 0 Å². The van der Waals surface area contributed by atoms with Crippen molar-refractivity contribution in [1.29, 1.82) is 0 Å². The number of nitrogens with zero attached hydrogens (tertiary/aromatic N) is 3. The van der Waals surface area contributed by atoms with Gasteiger partial charge < -0.3 is 10.3 Å². The van der Waals surface area contributed by atoms with E-state index in [0.717, 1.165) is 26.3 Å². The van der Waals surface area contributed by atoms with Crippen LogP contribution in [0.4, 0.5) is 5.82 Å². The third-order valence-electron chi connectivity index (χ3n) is 3.90. The summed E-state index contributed by atoms with van der Waals surface area (Å²) in [4.78, 5) is 9.21. The summed E-state index contributed by atoms with van der Waals surface area (Å²) < 4.78 is 6.20. The Morgan fingerprint density at radius 1 is 1.20 bits per heavy atom. The molecule has 3 rings (SSSR count). The lowest BCUT2D eigenvalue weighted by Crippen LogP contribution is -2.08. The van der Waals surface area contributed by atoms with Crippen LogP contribution >= 0.6 is 22.6 Å². The number of aryl methyl sites for hydroxylation is 2. The molecule has 2 aromatic heterocycles. The molecule has 2 heterocycles. The number of nitrogen functional groups attached to an aromatic ring is 1. The number of rotatable bonds is 2. The molecule has 0 bridgehead atoms. The van der Waals surface area contributed by atoms with Crippen molar-refractivity contribution in [1.82, 2.24) is 15.1 Å². The average Bonchev–Trinajstić information content (AvgIpc) is 3.04. The fourth-order valence-electron chi connectivity index (χ4n) is 2.87. The van der Waals surface area contributed by atoms with Crippen molar-refractivity contribution < 1.29 is 4.52 Å². The van der Waals surface area contributed by atoms with Gasteiger partial charge in [0.05, 0.1) is 20.5 Å². The SMILES string of the molecule is Cc1noc(C)c1-c1nc(N)c(I)c(C2CCCC2)n1. The minimum atomic E-state index is 0.506. The van der Waals surface area contributed by atoms with Gasteiger partial charge in [-0.15, -0.1) is 0 Å². The number of hydrogen-bond acceptors (Lipinski definition) is 5. The zero-order chi connectivity index (χ0) is 14.3. The summed E-state index contributed by atoms with van der Waals surface area (Å²) in [6, 6.07) is 0. The summed E-state index contributed by atoms with van der Waals surface area (Å²) in [7, 11) is 0. The minimum Gasteiger partial charge on any atom is -0.383 e. The second-order valence-corrected chi connectivity index (χ2v) is 6.39. The van der Waals surface area contributed by atoms with Gasteiger partial charge in [-0.25, -0.2) is 9.97 Å². The zero-order valence-corrected chi connectivity index (χ0v) is 13.8. The number of hydrogen-bond donors (Lipinski definition) is 1. The van der Waals surface area contributed by atoms with Gasteiger partial charge in [-0.1, -0.05) is 18.0 Å². The molecule has 0 spiro atoms. The molecule has 106 valence electrons. The van der Waals surface area contributed by atoms with Crippen molar-refractivity contribution in [2.45, 2.75) is 45.4 Å². The van der Waals surface area contributed by atoms with E-state index in [2.05, 4.69) is 32.7 Å². The Balaban J connectivity index is 2.13. The van der Waals surface area contributed by atoms with Crippen molar-refractivity contribution in [2.75, 3.05) is 5.73 Å². The molecule has 1 aliphatic carbocycles. The van der Waals surface area contributed by atoms with Crippen LogP contribution in [0, 0.1) is 17.4 Å². The van der Waals surface area contributed by atoms with Crippen molar-refractivity contribution >= 4 is 28.4 Å². The predicted molar refractivity (Wildman–Crippen MR) is 85.3 cm³/mol. The van der Waals surface area contributed by atoms with Crippen LogP contribution in [0.2, 0.25) is 0 Å². The molecule has 2 aromatic rings. The van der Waals surface area contributed by atoms with E-state index < -0.39 is 0 Å². The fraction of sp³-hybridized carbons (Fsp3) is 0.500. The third kappa shape index (κ3) is 2.30. The maximum Gasteiger partial charge on any atom is 0.167 e. The van der Waals surface area contributed by atoms with Crippen LogP contribution < -0.4 is 5.73 Å². The lowest BCUT2D eigenvalue weighted by molar-refractivity contribution is 0.393. The van der Waals surface area contributed by atoms with Gasteiger partial charge in [0.1, 0.15) is 11.6 Å². The standard InChI is InChI=1S/C14H17IN4O/c1-7-10(8(2)20-19-7)14-17-12(9-5-3-4-6-9)11(15)13(16)18-14/h9H,3-6H2,1-2H3,(H2,16,17,18). The van der Waals surface area contributed by atoms with E-state index in [4.69, 9.17) is 15.2 Å². The number of halogens is 1. The highest BCUT2D eigenvalue weighted by Gasteiger charge is 2.25. The largest absolute Gasteiger partial charge is 0.383 e. The number of aromatic nitrogens is 3. The van der Waals surface area contributed by atoms with E-state index in [1.807, 2.05) is 13.8 Å². The Hall–Kier alpha value is -1.18. The molecule has 20 heavy (non-hydrogen) atoms.